The van der Waals surface area contributed by atoms with E-state index in [2.05, 4.69) is 0 Å². The van der Waals surface area contributed by atoms with Gasteiger partial charge in [-0.05, 0) is 69.6 Å². The van der Waals surface area contributed by atoms with Gasteiger partial charge >= 0.3 is 108 Å². The van der Waals surface area contributed by atoms with E-state index in [0.29, 0.717) is 0 Å². The van der Waals surface area contributed by atoms with Crippen LogP contribution in [-0.4, -0.2) is 153 Å². The summed E-state index contributed by atoms with van der Waals surface area (Å²) in [6.07, 6.45) is -22.9. The molecule has 38 heteroatoms. The molecule has 0 radical (unpaired) electrons. The molecule has 0 aromatic carbocycles. The van der Waals surface area contributed by atoms with Crippen LogP contribution in [0.3, 0.4) is 0 Å². The third-order valence-corrected chi connectivity index (χ3v) is 11.9. The average molecular weight is 1130 g/mol. The summed E-state index contributed by atoms with van der Waals surface area (Å²) in [6, 6.07) is -4.08. The Balaban J connectivity index is 2.22. The molecule has 0 saturated heterocycles. The zero-order valence-electron chi connectivity index (χ0n) is 33.9. The summed E-state index contributed by atoms with van der Waals surface area (Å²) >= 11 is 0. The fourth-order valence-corrected chi connectivity index (χ4v) is 7.52. The Kier molecular flexibility index (Phi) is 17.2. The summed E-state index contributed by atoms with van der Waals surface area (Å²) < 4.78 is 441. The van der Waals surface area contributed by atoms with Crippen molar-refractivity contribution < 1.29 is 160 Å². The Labute approximate surface area is 373 Å². The average Bonchev–Trinajstić information content (AvgIpc) is 3.21. The first-order chi connectivity index (χ1) is 31.1. The van der Waals surface area contributed by atoms with Crippen LogP contribution in [0.2, 0.25) is 0 Å². The van der Waals surface area contributed by atoms with E-state index >= 15 is 0 Å². The summed E-state index contributed by atoms with van der Waals surface area (Å²) in [5.74, 6) is -116. The van der Waals surface area contributed by atoms with Crippen molar-refractivity contribution in [1.82, 2.24) is 9.80 Å². The molecule has 0 aliphatic heterocycles. The summed E-state index contributed by atoms with van der Waals surface area (Å²) in [5, 5.41) is 18.7. The number of alkyl halides is 32. The number of amides is 2. The number of carbonyl (C=O) groups is 2. The molecular weight excluding hydrogens is 1100 g/mol. The monoisotopic (exact) mass is 1130 g/mol. The maximum atomic E-state index is 14.7. The zero-order chi connectivity index (χ0) is 56.6. The molecule has 420 valence electrons. The maximum absolute atomic E-state index is 14.7. The molecule has 0 aromatic rings. The molecule has 2 N–H and O–H groups in total. The first kappa shape index (κ1) is 63.4. The number of halogens is 32. The van der Waals surface area contributed by atoms with E-state index in [9.17, 15) is 160 Å². The van der Waals surface area contributed by atoms with Crippen molar-refractivity contribution in [2.75, 3.05) is 13.1 Å². The van der Waals surface area contributed by atoms with Crippen molar-refractivity contribution in [3.63, 3.8) is 0 Å². The van der Waals surface area contributed by atoms with Crippen LogP contribution in [0.15, 0.2) is 0 Å². The van der Waals surface area contributed by atoms with E-state index in [4.69, 9.17) is 0 Å². The smallest absolute Gasteiger partial charge is 0.407 e. The van der Waals surface area contributed by atoms with E-state index in [1.807, 2.05) is 0 Å². The van der Waals surface area contributed by atoms with Crippen LogP contribution in [0.5, 0.6) is 0 Å². The first-order valence-electron chi connectivity index (χ1n) is 19.0. The van der Waals surface area contributed by atoms with Crippen LogP contribution in [0, 0.1) is 11.8 Å². The lowest BCUT2D eigenvalue weighted by atomic mass is 9.75. The first-order valence-corrected chi connectivity index (χ1v) is 19.0. The highest BCUT2D eigenvalue weighted by Crippen LogP contribution is 2.65. The van der Waals surface area contributed by atoms with Gasteiger partial charge in [0, 0.05) is 12.1 Å². The molecule has 0 aromatic heterocycles. The predicted molar refractivity (Wildman–Crippen MR) is 167 cm³/mol. The van der Waals surface area contributed by atoms with Gasteiger partial charge in [-0.1, -0.05) is 0 Å². The van der Waals surface area contributed by atoms with Crippen LogP contribution < -0.4 is 0 Å². The fourth-order valence-electron chi connectivity index (χ4n) is 7.52. The molecule has 0 spiro atoms. The topological polar surface area (TPSA) is 81.1 Å². The molecule has 71 heavy (non-hydrogen) atoms. The Morgan fingerprint density at radius 1 is 0.352 bits per heavy atom. The molecule has 0 unspecified atom stereocenters. The van der Waals surface area contributed by atoms with Gasteiger partial charge in [0.1, 0.15) is 0 Å². The lowest BCUT2D eigenvalue weighted by Crippen LogP contribution is -2.74. The third-order valence-electron chi connectivity index (χ3n) is 11.9. The Morgan fingerprint density at radius 2 is 0.549 bits per heavy atom. The second-order valence-electron chi connectivity index (χ2n) is 16.4. The second-order valence-corrected chi connectivity index (χ2v) is 16.4. The van der Waals surface area contributed by atoms with E-state index in [1.165, 1.54) is 0 Å². The van der Waals surface area contributed by atoms with Crippen LogP contribution in [-0.2, 0) is 0 Å². The van der Waals surface area contributed by atoms with Crippen LogP contribution >= 0.6 is 0 Å². The summed E-state index contributed by atoms with van der Waals surface area (Å²) in [6.45, 7) is -6.74. The molecular formula is C33H30F32N2O4. The molecule has 2 saturated carbocycles. The number of nitrogens with zero attached hydrogens (tertiary/aromatic N) is 2. The summed E-state index contributed by atoms with van der Waals surface area (Å²) in [4.78, 5) is 21.8. The van der Waals surface area contributed by atoms with Gasteiger partial charge in [-0.25, -0.2) is 27.2 Å². The largest absolute Gasteiger partial charge is 0.465 e. The molecule has 2 aliphatic carbocycles. The van der Waals surface area contributed by atoms with Crippen LogP contribution in [0.25, 0.3) is 0 Å². The van der Waals surface area contributed by atoms with Gasteiger partial charge in [-0.15, -0.1) is 0 Å². The van der Waals surface area contributed by atoms with Crippen molar-refractivity contribution in [2.45, 2.75) is 166 Å². The molecule has 0 heterocycles. The number of hydrogen-bond acceptors (Lipinski definition) is 2. The van der Waals surface area contributed by atoms with E-state index in [-0.39, 0.29) is 6.42 Å². The van der Waals surface area contributed by atoms with Gasteiger partial charge in [0.2, 0.25) is 0 Å². The SMILES string of the molecule is O=C(O)N(CC(F)(F)C(F)(F)C(F)(F)C(F)(F)C(F)(F)C(F)(F)C(F)(F)C(F)F)C1CCC(CC2CCC(N(CC(F)(F)C(F)(F)C(F)(F)C(F)(F)C(F)(F)C(F)(F)C(F)(F)C(F)F)C(=O)O)CC2)CC1. The van der Waals surface area contributed by atoms with Crippen molar-refractivity contribution in [3.05, 3.63) is 0 Å². The highest BCUT2D eigenvalue weighted by atomic mass is 19.4. The molecule has 2 amide bonds. The van der Waals surface area contributed by atoms with E-state index < -0.39 is 206 Å². The highest BCUT2D eigenvalue weighted by molar-refractivity contribution is 5.66. The molecule has 2 rings (SSSR count). The number of carboxylic acid groups (broad SMARTS) is 2. The molecule has 0 atom stereocenters. The third kappa shape index (κ3) is 9.91. The standard InChI is InChI=1S/C33H30F32N2O4/c34-16(35)22(42,43)26(50,51)30(58,59)32(62,63)28(54,55)24(46,47)20(38,39)10-66(18(68)69)14-5-1-12(2-6-14)9-13-3-7-15(8-4-13)67(19(70)71)11-21(40,41)25(48,49)29(56,57)33(64,65)31(60,61)27(52,53)23(44,45)17(36)37/h12-17H,1-11H2,(H,68,69)(H,70,71). The fraction of sp³-hybridized carbons (Fsp3) is 0.939. The second kappa shape index (κ2) is 19.2. The minimum atomic E-state index is -8.76. The quantitative estimate of drug-likeness (QED) is 0.106. The van der Waals surface area contributed by atoms with Gasteiger partial charge in [-0.2, -0.15) is 123 Å². The maximum Gasteiger partial charge on any atom is 0.407 e. The Morgan fingerprint density at radius 3 is 0.746 bits per heavy atom. The molecule has 0 bridgehead atoms. The van der Waals surface area contributed by atoms with Gasteiger partial charge < -0.3 is 10.2 Å². The minimum absolute atomic E-state index is 0.197. The lowest BCUT2D eigenvalue weighted by Gasteiger charge is -2.44. The van der Waals surface area contributed by atoms with Crippen LogP contribution in [0.1, 0.15) is 57.8 Å². The summed E-state index contributed by atoms with van der Waals surface area (Å²) in [5.41, 5.74) is 0. The van der Waals surface area contributed by atoms with Crippen molar-refractivity contribution in [1.29, 1.82) is 0 Å². The van der Waals surface area contributed by atoms with Gasteiger partial charge in [-0.3, -0.25) is 9.80 Å². The van der Waals surface area contributed by atoms with Crippen molar-refractivity contribution in [2.24, 2.45) is 11.8 Å². The predicted octanol–water partition coefficient (Wildman–Crippen LogP) is 13.9. The van der Waals surface area contributed by atoms with Gasteiger partial charge in [0.15, 0.2) is 0 Å². The number of rotatable bonds is 22. The van der Waals surface area contributed by atoms with Gasteiger partial charge in [0.05, 0.1) is 13.1 Å². The Bertz CT molecular complexity index is 1730. The Hall–Kier alpha value is -3.70. The van der Waals surface area contributed by atoms with Crippen molar-refractivity contribution >= 4 is 12.2 Å². The van der Waals surface area contributed by atoms with Crippen molar-refractivity contribution in [3.8, 4) is 0 Å². The van der Waals surface area contributed by atoms with Gasteiger partial charge in [0.25, 0.3) is 0 Å². The molecule has 6 nitrogen and oxygen atoms in total. The summed E-state index contributed by atoms with van der Waals surface area (Å²) in [7, 11) is 0. The zero-order valence-corrected chi connectivity index (χ0v) is 33.9. The minimum Gasteiger partial charge on any atom is -0.465 e. The lowest BCUT2D eigenvalue weighted by molar-refractivity contribution is -0.447. The van der Waals surface area contributed by atoms with Crippen LogP contribution in [0.4, 0.5) is 150 Å². The highest BCUT2D eigenvalue weighted by Gasteiger charge is 2.95. The number of hydrogen-bond donors (Lipinski definition) is 2. The molecule has 2 aliphatic rings. The van der Waals surface area contributed by atoms with E-state index in [0.717, 1.165) is 0 Å². The van der Waals surface area contributed by atoms with E-state index in [1.54, 1.807) is 0 Å². The normalized spacial score (nSPS) is 22.0. The molecule has 2 fully saturated rings.